The summed E-state index contributed by atoms with van der Waals surface area (Å²) in [6.45, 7) is 0.942. The standard InChI is InChI=1S/C12H13BrN2O3/c13-9-2-1-5-14-10(9)11(16)15-6-3-8(4-7-15)12(17)18/h1-2,5,8H,3-4,6-7H2,(H,17,18). The molecule has 6 heteroatoms. The van der Waals surface area contributed by atoms with Crippen LogP contribution >= 0.6 is 15.9 Å². The minimum atomic E-state index is -0.777. The first-order valence-corrected chi connectivity index (χ1v) is 6.51. The van der Waals surface area contributed by atoms with E-state index < -0.39 is 5.97 Å². The summed E-state index contributed by atoms with van der Waals surface area (Å²) in [7, 11) is 0. The molecule has 0 aromatic carbocycles. The van der Waals surface area contributed by atoms with Crippen LogP contribution in [0.5, 0.6) is 0 Å². The van der Waals surface area contributed by atoms with Gasteiger partial charge < -0.3 is 10.0 Å². The summed E-state index contributed by atoms with van der Waals surface area (Å²) < 4.78 is 0.662. The number of carboxylic acid groups (broad SMARTS) is 1. The van der Waals surface area contributed by atoms with Gasteiger partial charge >= 0.3 is 5.97 Å². The summed E-state index contributed by atoms with van der Waals surface area (Å²) in [4.78, 5) is 28.7. The van der Waals surface area contributed by atoms with E-state index in [1.165, 1.54) is 0 Å². The Kier molecular flexibility index (Phi) is 3.96. The van der Waals surface area contributed by atoms with Gasteiger partial charge in [0.1, 0.15) is 5.69 Å². The lowest BCUT2D eigenvalue weighted by molar-refractivity contribution is -0.143. The van der Waals surface area contributed by atoms with Gasteiger partial charge in [-0.2, -0.15) is 0 Å². The van der Waals surface area contributed by atoms with Crippen LogP contribution in [-0.4, -0.2) is 40.0 Å². The predicted octanol–water partition coefficient (Wildman–Crippen LogP) is 1.78. The Morgan fingerprint density at radius 1 is 1.39 bits per heavy atom. The number of carbonyl (C=O) groups excluding carboxylic acids is 1. The fraction of sp³-hybridized carbons (Fsp3) is 0.417. The number of halogens is 1. The predicted molar refractivity (Wildman–Crippen MR) is 68.2 cm³/mol. The van der Waals surface area contributed by atoms with Crippen LogP contribution in [0.25, 0.3) is 0 Å². The number of amides is 1. The third kappa shape index (κ3) is 2.69. The third-order valence-corrected chi connectivity index (χ3v) is 3.73. The van der Waals surface area contributed by atoms with E-state index in [1.807, 2.05) is 0 Å². The molecule has 1 amide bonds. The van der Waals surface area contributed by atoms with Crippen LogP contribution in [0.3, 0.4) is 0 Å². The van der Waals surface area contributed by atoms with Crippen molar-refractivity contribution in [1.29, 1.82) is 0 Å². The molecule has 1 N–H and O–H groups in total. The van der Waals surface area contributed by atoms with E-state index in [4.69, 9.17) is 5.11 Å². The molecule has 0 bridgehead atoms. The Bertz CT molecular complexity index is 470. The van der Waals surface area contributed by atoms with Crippen molar-refractivity contribution in [2.45, 2.75) is 12.8 Å². The molecule has 0 radical (unpaired) electrons. The summed E-state index contributed by atoms with van der Waals surface area (Å²) in [6.07, 6.45) is 2.58. The van der Waals surface area contributed by atoms with Crippen LogP contribution < -0.4 is 0 Å². The van der Waals surface area contributed by atoms with Crippen molar-refractivity contribution in [1.82, 2.24) is 9.88 Å². The molecule has 1 fully saturated rings. The molecule has 1 saturated heterocycles. The molecular formula is C12H13BrN2O3. The molecule has 0 unspecified atom stereocenters. The van der Waals surface area contributed by atoms with Crippen molar-refractivity contribution < 1.29 is 14.7 Å². The average Bonchev–Trinajstić information content (AvgIpc) is 2.38. The van der Waals surface area contributed by atoms with E-state index in [1.54, 1.807) is 23.2 Å². The van der Waals surface area contributed by atoms with E-state index in [0.717, 1.165) is 0 Å². The van der Waals surface area contributed by atoms with Gasteiger partial charge in [0, 0.05) is 23.8 Å². The smallest absolute Gasteiger partial charge is 0.306 e. The van der Waals surface area contributed by atoms with Crippen LogP contribution in [0.2, 0.25) is 0 Å². The SMILES string of the molecule is O=C(O)C1CCN(C(=O)c2ncccc2Br)CC1. The van der Waals surface area contributed by atoms with Crippen molar-refractivity contribution in [3.8, 4) is 0 Å². The van der Waals surface area contributed by atoms with Crippen LogP contribution in [0.15, 0.2) is 22.8 Å². The molecule has 0 saturated carbocycles. The number of nitrogens with zero attached hydrogens (tertiary/aromatic N) is 2. The highest BCUT2D eigenvalue weighted by Crippen LogP contribution is 2.21. The van der Waals surface area contributed by atoms with Gasteiger partial charge in [0.2, 0.25) is 0 Å². The lowest BCUT2D eigenvalue weighted by Gasteiger charge is -2.30. The van der Waals surface area contributed by atoms with Gasteiger partial charge in [-0.25, -0.2) is 4.98 Å². The van der Waals surface area contributed by atoms with E-state index in [-0.39, 0.29) is 11.8 Å². The van der Waals surface area contributed by atoms with Gasteiger partial charge in [0.25, 0.3) is 5.91 Å². The zero-order chi connectivity index (χ0) is 13.1. The van der Waals surface area contributed by atoms with Crippen molar-refractivity contribution in [2.24, 2.45) is 5.92 Å². The van der Waals surface area contributed by atoms with Gasteiger partial charge in [-0.15, -0.1) is 0 Å². The molecule has 96 valence electrons. The normalized spacial score (nSPS) is 16.6. The molecule has 2 heterocycles. The van der Waals surface area contributed by atoms with Crippen LogP contribution in [0.4, 0.5) is 0 Å². The van der Waals surface area contributed by atoms with Crippen molar-refractivity contribution in [3.63, 3.8) is 0 Å². The molecule has 1 aliphatic heterocycles. The Morgan fingerprint density at radius 2 is 2.06 bits per heavy atom. The highest BCUT2D eigenvalue weighted by molar-refractivity contribution is 9.10. The van der Waals surface area contributed by atoms with E-state index in [0.29, 0.717) is 36.1 Å². The van der Waals surface area contributed by atoms with Crippen LogP contribution in [-0.2, 0) is 4.79 Å². The molecule has 18 heavy (non-hydrogen) atoms. The number of hydrogen-bond donors (Lipinski definition) is 1. The Labute approximate surface area is 113 Å². The van der Waals surface area contributed by atoms with Gasteiger partial charge in [0.15, 0.2) is 0 Å². The van der Waals surface area contributed by atoms with Crippen molar-refractivity contribution >= 4 is 27.8 Å². The zero-order valence-corrected chi connectivity index (χ0v) is 11.3. The molecule has 0 spiro atoms. The number of aliphatic carboxylic acids is 1. The maximum absolute atomic E-state index is 12.2. The minimum absolute atomic E-state index is 0.147. The fourth-order valence-corrected chi connectivity index (χ4v) is 2.45. The summed E-state index contributed by atoms with van der Waals surface area (Å²) in [5.74, 6) is -1.26. The van der Waals surface area contributed by atoms with Crippen molar-refractivity contribution in [3.05, 3.63) is 28.5 Å². The molecule has 1 aromatic rings. The molecule has 0 aliphatic carbocycles. The van der Waals surface area contributed by atoms with Crippen molar-refractivity contribution in [2.75, 3.05) is 13.1 Å². The maximum Gasteiger partial charge on any atom is 0.306 e. The van der Waals surface area contributed by atoms with Crippen LogP contribution in [0, 0.1) is 5.92 Å². The Balaban J connectivity index is 2.04. The first-order valence-electron chi connectivity index (χ1n) is 5.72. The highest BCUT2D eigenvalue weighted by Gasteiger charge is 2.28. The number of hydrogen-bond acceptors (Lipinski definition) is 3. The number of aromatic nitrogens is 1. The fourth-order valence-electron chi connectivity index (χ4n) is 2.02. The molecule has 0 atom stereocenters. The maximum atomic E-state index is 12.2. The summed E-state index contributed by atoms with van der Waals surface area (Å²) in [5, 5.41) is 8.90. The number of likely N-dealkylation sites (tertiary alicyclic amines) is 1. The van der Waals surface area contributed by atoms with Gasteiger partial charge in [-0.05, 0) is 40.9 Å². The average molecular weight is 313 g/mol. The second kappa shape index (κ2) is 5.48. The second-order valence-corrected chi connectivity index (χ2v) is 5.09. The lowest BCUT2D eigenvalue weighted by atomic mass is 9.97. The first-order chi connectivity index (χ1) is 8.59. The Hall–Kier alpha value is -1.43. The summed E-state index contributed by atoms with van der Waals surface area (Å²) >= 11 is 3.29. The van der Waals surface area contributed by atoms with Gasteiger partial charge in [-0.3, -0.25) is 9.59 Å². The summed E-state index contributed by atoms with van der Waals surface area (Å²) in [5.41, 5.74) is 0.381. The van der Waals surface area contributed by atoms with Gasteiger partial charge in [-0.1, -0.05) is 0 Å². The topological polar surface area (TPSA) is 70.5 Å². The number of pyridine rings is 1. The monoisotopic (exact) mass is 312 g/mol. The molecule has 1 aliphatic rings. The summed E-state index contributed by atoms with van der Waals surface area (Å²) in [6, 6.07) is 3.52. The highest BCUT2D eigenvalue weighted by atomic mass is 79.9. The van der Waals surface area contributed by atoms with E-state index >= 15 is 0 Å². The number of rotatable bonds is 2. The largest absolute Gasteiger partial charge is 0.481 e. The number of carboxylic acids is 1. The molecular weight excluding hydrogens is 300 g/mol. The van der Waals surface area contributed by atoms with Gasteiger partial charge in [0.05, 0.1) is 5.92 Å². The number of carbonyl (C=O) groups is 2. The Morgan fingerprint density at radius 3 is 2.61 bits per heavy atom. The second-order valence-electron chi connectivity index (χ2n) is 4.24. The van der Waals surface area contributed by atoms with E-state index in [9.17, 15) is 9.59 Å². The van der Waals surface area contributed by atoms with E-state index in [2.05, 4.69) is 20.9 Å². The third-order valence-electron chi connectivity index (χ3n) is 3.09. The quantitative estimate of drug-likeness (QED) is 0.903. The minimum Gasteiger partial charge on any atom is -0.481 e. The molecule has 2 rings (SSSR count). The zero-order valence-electron chi connectivity index (χ0n) is 9.67. The lowest BCUT2D eigenvalue weighted by Crippen LogP contribution is -2.40. The first kappa shape index (κ1) is 13.0. The number of piperidine rings is 1. The molecule has 5 nitrogen and oxygen atoms in total. The molecule has 1 aromatic heterocycles. The van der Waals surface area contributed by atoms with Crippen LogP contribution in [0.1, 0.15) is 23.3 Å².